The molecule has 2 aromatic carbocycles. The number of hydrogen-bond donors (Lipinski definition) is 0. The summed E-state index contributed by atoms with van der Waals surface area (Å²) >= 11 is 0. The first-order valence-corrected chi connectivity index (χ1v) is 9.03. The minimum Gasteiger partial charge on any atom is -0.493 e. The van der Waals surface area contributed by atoms with Crippen molar-refractivity contribution in [3.63, 3.8) is 0 Å². The van der Waals surface area contributed by atoms with E-state index in [0.29, 0.717) is 29.4 Å². The number of benzene rings is 2. The molecule has 3 rings (SSSR count). The molecule has 5 heteroatoms. The molecule has 1 aliphatic rings. The van der Waals surface area contributed by atoms with Gasteiger partial charge < -0.3 is 19.1 Å². The van der Waals surface area contributed by atoms with Crippen molar-refractivity contribution in [1.29, 1.82) is 0 Å². The number of fused-ring (bicyclic) bond motifs is 1. The molecule has 0 saturated heterocycles. The molecular weight excluding hydrogens is 354 g/mol. The zero-order valence-electron chi connectivity index (χ0n) is 16.9. The van der Waals surface area contributed by atoms with Crippen LogP contribution in [0.4, 0.5) is 0 Å². The SMILES string of the molecule is COc1cc2c(c(OC)c1OC)CN(C)C(=O)/C2=C(C)/C=C/c1ccccc1. The van der Waals surface area contributed by atoms with E-state index in [-0.39, 0.29) is 5.91 Å². The van der Waals surface area contributed by atoms with Gasteiger partial charge in [0.1, 0.15) is 0 Å². The van der Waals surface area contributed by atoms with Crippen LogP contribution < -0.4 is 14.2 Å². The topological polar surface area (TPSA) is 48.0 Å². The van der Waals surface area contributed by atoms with Crippen LogP contribution in [0.15, 0.2) is 48.0 Å². The van der Waals surface area contributed by atoms with Gasteiger partial charge in [-0.05, 0) is 24.1 Å². The van der Waals surface area contributed by atoms with Gasteiger partial charge in [-0.1, -0.05) is 42.5 Å². The highest BCUT2D eigenvalue weighted by molar-refractivity contribution is 6.22. The largest absolute Gasteiger partial charge is 0.493 e. The van der Waals surface area contributed by atoms with E-state index >= 15 is 0 Å². The average molecular weight is 379 g/mol. The zero-order chi connectivity index (χ0) is 20.3. The number of hydrogen-bond acceptors (Lipinski definition) is 4. The van der Waals surface area contributed by atoms with Gasteiger partial charge in [0.2, 0.25) is 5.75 Å². The lowest BCUT2D eigenvalue weighted by Crippen LogP contribution is -2.32. The van der Waals surface area contributed by atoms with E-state index in [4.69, 9.17) is 14.2 Å². The number of nitrogens with zero attached hydrogens (tertiary/aromatic N) is 1. The first-order chi connectivity index (χ1) is 13.5. The second-order valence-corrected chi connectivity index (χ2v) is 6.63. The fourth-order valence-electron chi connectivity index (χ4n) is 3.46. The average Bonchev–Trinajstić information content (AvgIpc) is 2.72. The maximum atomic E-state index is 13.0. The van der Waals surface area contributed by atoms with Crippen molar-refractivity contribution in [1.82, 2.24) is 4.90 Å². The molecule has 0 spiro atoms. The Labute approximate surface area is 165 Å². The van der Waals surface area contributed by atoms with Crippen LogP contribution in [0.2, 0.25) is 0 Å². The number of rotatable bonds is 5. The van der Waals surface area contributed by atoms with Gasteiger partial charge in [0.05, 0.1) is 33.4 Å². The Bertz CT molecular complexity index is 945. The third-order valence-corrected chi connectivity index (χ3v) is 4.88. The second-order valence-electron chi connectivity index (χ2n) is 6.63. The molecule has 0 aliphatic carbocycles. The molecule has 0 saturated carbocycles. The van der Waals surface area contributed by atoms with E-state index in [1.165, 1.54) is 0 Å². The summed E-state index contributed by atoms with van der Waals surface area (Å²) in [4.78, 5) is 14.7. The van der Waals surface area contributed by atoms with Crippen LogP contribution in [-0.4, -0.2) is 39.2 Å². The Morgan fingerprint density at radius 3 is 2.32 bits per heavy atom. The number of ether oxygens (including phenoxy) is 3. The summed E-state index contributed by atoms with van der Waals surface area (Å²) in [6, 6.07) is 11.8. The number of methoxy groups -OCH3 is 3. The van der Waals surface area contributed by atoms with Crippen LogP contribution in [-0.2, 0) is 11.3 Å². The van der Waals surface area contributed by atoms with Crippen molar-refractivity contribution >= 4 is 17.6 Å². The number of amides is 1. The van der Waals surface area contributed by atoms with Crippen molar-refractivity contribution in [2.24, 2.45) is 0 Å². The van der Waals surface area contributed by atoms with E-state index in [1.54, 1.807) is 33.3 Å². The predicted octanol–water partition coefficient (Wildman–Crippen LogP) is 4.17. The Balaban J connectivity index is 2.20. The fraction of sp³-hybridized carbons (Fsp3) is 0.261. The summed E-state index contributed by atoms with van der Waals surface area (Å²) in [6.45, 7) is 2.38. The summed E-state index contributed by atoms with van der Waals surface area (Å²) in [7, 11) is 6.54. The monoisotopic (exact) mass is 379 g/mol. The molecule has 5 nitrogen and oxygen atoms in total. The van der Waals surface area contributed by atoms with Crippen molar-refractivity contribution in [3.8, 4) is 17.2 Å². The van der Waals surface area contributed by atoms with Crippen LogP contribution >= 0.6 is 0 Å². The second kappa shape index (κ2) is 8.21. The lowest BCUT2D eigenvalue weighted by molar-refractivity contribution is -0.124. The van der Waals surface area contributed by atoms with Gasteiger partial charge >= 0.3 is 0 Å². The minimum atomic E-state index is -0.0306. The van der Waals surface area contributed by atoms with Gasteiger partial charge in [-0.15, -0.1) is 0 Å². The number of carbonyl (C=O) groups is 1. The third kappa shape index (κ3) is 3.48. The summed E-state index contributed by atoms with van der Waals surface area (Å²) in [5.74, 6) is 1.63. The highest BCUT2D eigenvalue weighted by Crippen LogP contribution is 2.46. The first-order valence-electron chi connectivity index (χ1n) is 9.03. The molecule has 146 valence electrons. The molecule has 0 radical (unpaired) electrons. The molecule has 2 aromatic rings. The molecule has 1 aliphatic heterocycles. The maximum Gasteiger partial charge on any atom is 0.254 e. The van der Waals surface area contributed by atoms with Gasteiger partial charge in [0.15, 0.2) is 11.5 Å². The molecule has 0 N–H and O–H groups in total. The van der Waals surface area contributed by atoms with Crippen LogP contribution in [0.3, 0.4) is 0 Å². The van der Waals surface area contributed by atoms with E-state index < -0.39 is 0 Å². The summed E-state index contributed by atoms with van der Waals surface area (Å²) < 4.78 is 16.6. The standard InChI is InChI=1S/C23H25NO4/c1-15(11-12-16-9-7-6-8-10-16)20-17-13-19(26-3)22(28-5)21(27-4)18(17)14-24(2)23(20)25/h6-13H,14H2,1-5H3/b12-11+,20-15+. The number of carbonyl (C=O) groups excluding carboxylic acids is 1. The fourth-order valence-corrected chi connectivity index (χ4v) is 3.46. The third-order valence-electron chi connectivity index (χ3n) is 4.88. The van der Waals surface area contributed by atoms with E-state index in [9.17, 15) is 4.79 Å². The minimum absolute atomic E-state index is 0.0306. The summed E-state index contributed by atoms with van der Waals surface area (Å²) in [5, 5.41) is 0. The highest BCUT2D eigenvalue weighted by atomic mass is 16.5. The van der Waals surface area contributed by atoms with E-state index in [1.807, 2.05) is 55.5 Å². The van der Waals surface area contributed by atoms with Crippen molar-refractivity contribution < 1.29 is 19.0 Å². The van der Waals surface area contributed by atoms with Crippen LogP contribution in [0, 0.1) is 0 Å². The molecular formula is C23H25NO4. The highest BCUT2D eigenvalue weighted by Gasteiger charge is 2.32. The van der Waals surface area contributed by atoms with Gasteiger partial charge in [-0.3, -0.25) is 4.79 Å². The molecule has 0 fully saturated rings. The van der Waals surface area contributed by atoms with Crippen LogP contribution in [0.5, 0.6) is 17.2 Å². The van der Waals surface area contributed by atoms with Gasteiger partial charge in [0, 0.05) is 18.2 Å². The Morgan fingerprint density at radius 1 is 1.04 bits per heavy atom. The Morgan fingerprint density at radius 2 is 1.71 bits per heavy atom. The van der Waals surface area contributed by atoms with Gasteiger partial charge in [-0.25, -0.2) is 0 Å². The molecule has 1 heterocycles. The van der Waals surface area contributed by atoms with Crippen LogP contribution in [0.1, 0.15) is 23.6 Å². The smallest absolute Gasteiger partial charge is 0.254 e. The van der Waals surface area contributed by atoms with Crippen LogP contribution in [0.25, 0.3) is 11.6 Å². The van der Waals surface area contributed by atoms with Crippen molar-refractivity contribution in [3.05, 3.63) is 64.7 Å². The number of allylic oxidation sites excluding steroid dienone is 2. The number of likely N-dealkylation sites (N-methyl/N-ethyl adjacent to an activating group) is 1. The molecule has 0 unspecified atom stereocenters. The first kappa shape index (κ1) is 19.5. The van der Waals surface area contributed by atoms with E-state index in [2.05, 4.69) is 0 Å². The quantitative estimate of drug-likeness (QED) is 0.732. The van der Waals surface area contributed by atoms with Gasteiger partial charge in [-0.2, -0.15) is 0 Å². The lowest BCUT2D eigenvalue weighted by Gasteiger charge is -2.30. The molecule has 0 bridgehead atoms. The zero-order valence-corrected chi connectivity index (χ0v) is 16.9. The Kier molecular flexibility index (Phi) is 5.73. The van der Waals surface area contributed by atoms with Crippen molar-refractivity contribution in [2.75, 3.05) is 28.4 Å². The van der Waals surface area contributed by atoms with Crippen molar-refractivity contribution in [2.45, 2.75) is 13.5 Å². The summed E-state index contributed by atoms with van der Waals surface area (Å²) in [5.41, 5.74) is 4.30. The Hall–Kier alpha value is -3.21. The molecule has 1 amide bonds. The lowest BCUT2D eigenvalue weighted by atomic mass is 9.89. The maximum absolute atomic E-state index is 13.0. The van der Waals surface area contributed by atoms with Gasteiger partial charge in [0.25, 0.3) is 5.91 Å². The molecule has 28 heavy (non-hydrogen) atoms. The predicted molar refractivity (Wildman–Crippen MR) is 111 cm³/mol. The molecule has 0 atom stereocenters. The van der Waals surface area contributed by atoms with E-state index in [0.717, 1.165) is 22.3 Å². The normalized spacial score (nSPS) is 15.5. The summed E-state index contributed by atoms with van der Waals surface area (Å²) in [6.07, 6.45) is 3.97. The molecule has 0 aromatic heterocycles.